The Balaban J connectivity index is 1.91. The first-order chi connectivity index (χ1) is 8.83. The first-order valence-electron chi connectivity index (χ1n) is 6.04. The van der Waals surface area contributed by atoms with Gasteiger partial charge < -0.3 is 14.7 Å². The number of rotatable bonds is 4. The van der Waals surface area contributed by atoms with E-state index in [1.807, 2.05) is 6.07 Å². The number of aliphatic hydroxyl groups is 1. The van der Waals surface area contributed by atoms with Crippen LogP contribution in [0.5, 0.6) is 0 Å². The highest BCUT2D eigenvalue weighted by Gasteiger charge is 2.21. The Bertz CT molecular complexity index is 424. The van der Waals surface area contributed by atoms with Gasteiger partial charge in [-0.1, -0.05) is 0 Å². The third-order valence-electron chi connectivity index (χ3n) is 2.93. The lowest BCUT2D eigenvalue weighted by Crippen LogP contribution is -2.38. The minimum atomic E-state index is 0.0630. The van der Waals surface area contributed by atoms with Gasteiger partial charge in [0, 0.05) is 19.3 Å². The van der Waals surface area contributed by atoms with Crippen molar-refractivity contribution in [2.75, 3.05) is 31.2 Å². The number of nitrogens with zero attached hydrogens (tertiary/aromatic N) is 4. The van der Waals surface area contributed by atoms with Gasteiger partial charge in [-0.25, -0.2) is 9.97 Å². The third-order valence-corrected chi connectivity index (χ3v) is 2.93. The average Bonchev–Trinajstić information content (AvgIpc) is 2.46. The summed E-state index contributed by atoms with van der Waals surface area (Å²) in [6.45, 7) is 2.08. The second kappa shape index (κ2) is 6.28. The van der Waals surface area contributed by atoms with Crippen LogP contribution in [0.1, 0.15) is 18.5 Å². The highest BCUT2D eigenvalue weighted by Crippen LogP contribution is 2.17. The van der Waals surface area contributed by atoms with E-state index in [1.54, 1.807) is 12.3 Å². The molecule has 0 spiro atoms. The lowest BCUT2D eigenvalue weighted by molar-refractivity contribution is 0.0157. The Morgan fingerprint density at radius 3 is 2.94 bits per heavy atom. The van der Waals surface area contributed by atoms with Crippen molar-refractivity contribution in [1.29, 1.82) is 5.26 Å². The summed E-state index contributed by atoms with van der Waals surface area (Å²) < 4.78 is 5.49. The summed E-state index contributed by atoms with van der Waals surface area (Å²) in [6, 6.07) is 3.61. The molecule has 2 rings (SSSR count). The van der Waals surface area contributed by atoms with Crippen LogP contribution >= 0.6 is 0 Å². The monoisotopic (exact) mass is 248 g/mol. The SMILES string of the molecule is N#Cc1ccnc(N2CCC(OCCO)CC2)n1. The van der Waals surface area contributed by atoms with Gasteiger partial charge in [0.2, 0.25) is 5.95 Å². The molecule has 1 aromatic heterocycles. The lowest BCUT2D eigenvalue weighted by atomic mass is 10.1. The van der Waals surface area contributed by atoms with Crippen LogP contribution in [0.2, 0.25) is 0 Å². The van der Waals surface area contributed by atoms with E-state index in [2.05, 4.69) is 14.9 Å². The maximum atomic E-state index is 8.80. The largest absolute Gasteiger partial charge is 0.394 e. The fraction of sp³-hybridized carbons (Fsp3) is 0.583. The van der Waals surface area contributed by atoms with E-state index in [-0.39, 0.29) is 12.7 Å². The van der Waals surface area contributed by atoms with Crippen molar-refractivity contribution in [3.05, 3.63) is 18.0 Å². The molecule has 0 saturated carbocycles. The molecule has 0 radical (unpaired) electrons. The zero-order chi connectivity index (χ0) is 12.8. The molecule has 0 atom stereocenters. The molecule has 1 fully saturated rings. The zero-order valence-corrected chi connectivity index (χ0v) is 10.1. The van der Waals surface area contributed by atoms with Crippen LogP contribution in [0.15, 0.2) is 12.3 Å². The van der Waals surface area contributed by atoms with Crippen molar-refractivity contribution in [3.63, 3.8) is 0 Å². The van der Waals surface area contributed by atoms with Crippen molar-refractivity contribution in [2.45, 2.75) is 18.9 Å². The molecule has 0 aliphatic carbocycles. The van der Waals surface area contributed by atoms with E-state index in [9.17, 15) is 0 Å². The molecule has 1 aliphatic rings. The Morgan fingerprint density at radius 2 is 2.28 bits per heavy atom. The highest BCUT2D eigenvalue weighted by molar-refractivity contribution is 5.34. The van der Waals surface area contributed by atoms with E-state index in [0.29, 0.717) is 18.2 Å². The third kappa shape index (κ3) is 3.15. The van der Waals surface area contributed by atoms with Gasteiger partial charge in [0.05, 0.1) is 19.3 Å². The molecule has 2 heterocycles. The molecule has 6 nitrogen and oxygen atoms in total. The van der Waals surface area contributed by atoms with Crippen LogP contribution < -0.4 is 4.90 Å². The molecule has 96 valence electrons. The Labute approximate surface area is 106 Å². The predicted octanol–water partition coefficient (Wildman–Crippen LogP) is 0.326. The zero-order valence-electron chi connectivity index (χ0n) is 10.1. The second-order valence-corrected chi connectivity index (χ2v) is 4.13. The lowest BCUT2D eigenvalue weighted by Gasteiger charge is -2.31. The van der Waals surface area contributed by atoms with Gasteiger partial charge in [0.25, 0.3) is 0 Å². The summed E-state index contributed by atoms with van der Waals surface area (Å²) in [5.74, 6) is 0.606. The molecular weight excluding hydrogens is 232 g/mol. The van der Waals surface area contributed by atoms with E-state index >= 15 is 0 Å². The van der Waals surface area contributed by atoms with Crippen LogP contribution in [0, 0.1) is 11.3 Å². The van der Waals surface area contributed by atoms with Crippen LogP contribution in [0.25, 0.3) is 0 Å². The second-order valence-electron chi connectivity index (χ2n) is 4.13. The molecule has 18 heavy (non-hydrogen) atoms. The molecule has 0 amide bonds. The Kier molecular flexibility index (Phi) is 4.45. The molecule has 0 unspecified atom stereocenters. The first kappa shape index (κ1) is 12.7. The quantitative estimate of drug-likeness (QED) is 0.826. The van der Waals surface area contributed by atoms with Gasteiger partial charge in [-0.05, 0) is 18.9 Å². The number of anilines is 1. The van der Waals surface area contributed by atoms with Gasteiger partial charge in [0.15, 0.2) is 0 Å². The van der Waals surface area contributed by atoms with Crippen LogP contribution in [0.3, 0.4) is 0 Å². The number of piperidine rings is 1. The Hall–Kier alpha value is -1.71. The fourth-order valence-electron chi connectivity index (χ4n) is 2.00. The number of nitriles is 1. The van der Waals surface area contributed by atoms with Gasteiger partial charge in [0.1, 0.15) is 11.8 Å². The fourth-order valence-corrected chi connectivity index (χ4v) is 2.00. The Morgan fingerprint density at radius 1 is 1.50 bits per heavy atom. The van der Waals surface area contributed by atoms with Crippen molar-refractivity contribution >= 4 is 5.95 Å². The highest BCUT2D eigenvalue weighted by atomic mass is 16.5. The van der Waals surface area contributed by atoms with Crippen molar-refractivity contribution in [2.24, 2.45) is 0 Å². The maximum absolute atomic E-state index is 8.80. The van der Waals surface area contributed by atoms with Crippen LogP contribution in [-0.4, -0.2) is 47.5 Å². The van der Waals surface area contributed by atoms with E-state index < -0.39 is 0 Å². The summed E-state index contributed by atoms with van der Waals surface area (Å²) in [6.07, 6.45) is 3.59. The predicted molar refractivity (Wildman–Crippen MR) is 65.0 cm³/mol. The number of hydrogen-bond donors (Lipinski definition) is 1. The normalized spacial score (nSPS) is 16.6. The molecule has 1 aromatic rings. The summed E-state index contributed by atoms with van der Waals surface area (Å²) in [4.78, 5) is 10.4. The molecule has 1 saturated heterocycles. The van der Waals surface area contributed by atoms with Gasteiger partial charge in [-0.2, -0.15) is 5.26 Å². The molecule has 6 heteroatoms. The van der Waals surface area contributed by atoms with Crippen molar-refractivity contribution in [3.8, 4) is 6.07 Å². The molecular formula is C12H16N4O2. The summed E-state index contributed by atoms with van der Waals surface area (Å²) >= 11 is 0. The molecule has 1 aliphatic heterocycles. The number of hydrogen-bond acceptors (Lipinski definition) is 6. The molecule has 1 N–H and O–H groups in total. The minimum Gasteiger partial charge on any atom is -0.394 e. The van der Waals surface area contributed by atoms with Crippen LogP contribution in [0.4, 0.5) is 5.95 Å². The van der Waals surface area contributed by atoms with Gasteiger partial charge in [-0.3, -0.25) is 0 Å². The molecule has 0 bridgehead atoms. The number of ether oxygens (including phenoxy) is 1. The van der Waals surface area contributed by atoms with E-state index in [0.717, 1.165) is 25.9 Å². The summed E-state index contributed by atoms with van der Waals surface area (Å²) in [5.41, 5.74) is 0.388. The van der Waals surface area contributed by atoms with Gasteiger partial charge in [-0.15, -0.1) is 0 Å². The maximum Gasteiger partial charge on any atom is 0.226 e. The van der Waals surface area contributed by atoms with Crippen molar-refractivity contribution in [1.82, 2.24) is 9.97 Å². The van der Waals surface area contributed by atoms with Crippen molar-refractivity contribution < 1.29 is 9.84 Å². The standard InChI is InChI=1S/C12H16N4O2/c13-9-10-1-4-14-12(15-10)16-5-2-11(3-6-16)18-8-7-17/h1,4,11,17H,2-3,5-8H2. The van der Waals surface area contributed by atoms with E-state index in [1.165, 1.54) is 0 Å². The smallest absolute Gasteiger partial charge is 0.226 e. The number of aromatic nitrogens is 2. The summed E-state index contributed by atoms with van der Waals surface area (Å²) in [5, 5.41) is 17.5. The topological polar surface area (TPSA) is 82.3 Å². The molecule has 0 aromatic carbocycles. The minimum absolute atomic E-state index is 0.0630. The summed E-state index contributed by atoms with van der Waals surface area (Å²) in [7, 11) is 0. The van der Waals surface area contributed by atoms with Crippen LogP contribution in [-0.2, 0) is 4.74 Å². The van der Waals surface area contributed by atoms with Gasteiger partial charge >= 0.3 is 0 Å². The first-order valence-corrected chi connectivity index (χ1v) is 6.04. The number of aliphatic hydroxyl groups excluding tert-OH is 1. The van der Waals surface area contributed by atoms with E-state index in [4.69, 9.17) is 15.1 Å². The average molecular weight is 248 g/mol.